The normalized spacial score (nSPS) is 15.5. The predicted octanol–water partition coefficient (Wildman–Crippen LogP) is 1.02. The van der Waals surface area contributed by atoms with Gasteiger partial charge in [-0.1, -0.05) is 55.4 Å². The van der Waals surface area contributed by atoms with Gasteiger partial charge in [0, 0.05) is 0 Å². The van der Waals surface area contributed by atoms with Gasteiger partial charge in [-0.3, -0.25) is 12.2 Å². The van der Waals surface area contributed by atoms with Crippen LogP contribution in [-0.2, 0) is 21.3 Å². The first-order chi connectivity index (χ1) is 10.7. The summed E-state index contributed by atoms with van der Waals surface area (Å²) in [6, 6.07) is 0. The Bertz CT molecular complexity index is 518. The SMILES string of the molecule is CC1=[C-]CC(C(C)(C)C)=C1.CC1=[C-]CC(C(C)(C)C)=C1.[CH3][Ge]([CH3])=[Hf+2].[Cl-].[Cl-]. The molecule has 0 radical (unpaired) electrons. The van der Waals surface area contributed by atoms with Crippen LogP contribution in [0.15, 0.2) is 34.4 Å². The summed E-state index contributed by atoms with van der Waals surface area (Å²) in [5.74, 6) is 4.79. The van der Waals surface area contributed by atoms with E-state index >= 15 is 0 Å². The molecule has 0 spiro atoms. The number of halogens is 2. The second-order valence-electron chi connectivity index (χ2n) is 8.91. The van der Waals surface area contributed by atoms with E-state index in [-0.39, 0.29) is 34.9 Å². The van der Waals surface area contributed by atoms with Gasteiger partial charge >= 0.3 is 42.8 Å². The number of hydrogen-bond acceptors (Lipinski definition) is 0. The van der Waals surface area contributed by atoms with Crippen molar-refractivity contribution in [1.29, 1.82) is 0 Å². The molecule has 0 unspecified atom stereocenters. The maximum atomic E-state index is 3.30. The quantitative estimate of drug-likeness (QED) is 0.280. The van der Waals surface area contributed by atoms with Crippen molar-refractivity contribution in [2.24, 2.45) is 10.8 Å². The van der Waals surface area contributed by atoms with Crippen LogP contribution in [0.2, 0.25) is 11.5 Å². The van der Waals surface area contributed by atoms with Crippen LogP contribution in [0.3, 0.4) is 0 Å². The van der Waals surface area contributed by atoms with Crippen molar-refractivity contribution in [2.45, 2.75) is 79.7 Å². The summed E-state index contributed by atoms with van der Waals surface area (Å²) in [5.41, 5.74) is 6.28. The molecule has 148 valence electrons. The fraction of sp³-hybridized carbons (Fsp3) is 0.636. The van der Waals surface area contributed by atoms with Gasteiger partial charge < -0.3 is 24.8 Å². The van der Waals surface area contributed by atoms with Gasteiger partial charge in [0.2, 0.25) is 0 Å². The molecule has 0 saturated heterocycles. The van der Waals surface area contributed by atoms with Crippen molar-refractivity contribution in [2.75, 3.05) is 0 Å². The fourth-order valence-corrected chi connectivity index (χ4v) is 2.16. The van der Waals surface area contributed by atoms with E-state index in [0.29, 0.717) is 10.8 Å². The summed E-state index contributed by atoms with van der Waals surface area (Å²) >= 11 is 1.52. The zero-order valence-electron chi connectivity index (χ0n) is 18.3. The predicted molar refractivity (Wildman–Crippen MR) is 107 cm³/mol. The largest absolute Gasteiger partial charge is 1.00 e. The van der Waals surface area contributed by atoms with Gasteiger partial charge in [0.25, 0.3) is 0 Å². The van der Waals surface area contributed by atoms with Crippen molar-refractivity contribution < 1.29 is 46.1 Å². The second kappa shape index (κ2) is 14.0. The minimum atomic E-state index is -0.194. The fourth-order valence-electron chi connectivity index (χ4n) is 2.16. The second-order valence-corrected chi connectivity index (χ2v) is 31.8. The number of rotatable bonds is 0. The maximum absolute atomic E-state index is 3.30. The van der Waals surface area contributed by atoms with Crippen LogP contribution < -0.4 is 24.8 Å². The van der Waals surface area contributed by atoms with E-state index in [2.05, 4.69) is 91.2 Å². The Morgan fingerprint density at radius 1 is 0.769 bits per heavy atom. The molecule has 0 fully saturated rings. The van der Waals surface area contributed by atoms with Crippen LogP contribution in [0.1, 0.15) is 68.2 Å². The van der Waals surface area contributed by atoms with Crippen LogP contribution >= 0.6 is 0 Å². The molecule has 2 aliphatic rings. The van der Waals surface area contributed by atoms with Gasteiger partial charge in [0.1, 0.15) is 0 Å². The van der Waals surface area contributed by atoms with Crippen molar-refractivity contribution >= 4 is 10.1 Å². The molecule has 0 bridgehead atoms. The van der Waals surface area contributed by atoms with Crippen LogP contribution in [0, 0.1) is 23.0 Å². The van der Waals surface area contributed by atoms with Crippen molar-refractivity contribution in [1.82, 2.24) is 0 Å². The van der Waals surface area contributed by atoms with Gasteiger partial charge in [-0.25, -0.2) is 23.3 Å². The number of allylic oxidation sites excluding steroid dienone is 8. The smallest absolute Gasteiger partial charge is 1.00 e. The third-order valence-electron chi connectivity index (χ3n) is 3.82. The van der Waals surface area contributed by atoms with Crippen molar-refractivity contribution in [3.63, 3.8) is 0 Å². The molecule has 0 atom stereocenters. The summed E-state index contributed by atoms with van der Waals surface area (Å²) in [7, 11) is -0.194. The molecule has 0 nitrogen and oxygen atoms in total. The first kappa shape index (κ1) is 31.6. The molecular weight excluding hydrogens is 586 g/mol. The molecule has 0 N–H and O–H groups in total. The molecule has 0 heterocycles. The summed E-state index contributed by atoms with van der Waals surface area (Å²) in [6.45, 7) is 17.7. The summed E-state index contributed by atoms with van der Waals surface area (Å²) in [5, 5.41) is 0. The maximum Gasteiger partial charge on any atom is -1.00 e. The van der Waals surface area contributed by atoms with Crippen molar-refractivity contribution in [3.8, 4) is 0 Å². The summed E-state index contributed by atoms with van der Waals surface area (Å²) < 4.78 is 0. The minimum absolute atomic E-state index is 0. The third-order valence-corrected chi connectivity index (χ3v) is 3.82. The van der Waals surface area contributed by atoms with E-state index in [0.717, 1.165) is 12.8 Å². The molecule has 4 heteroatoms. The molecule has 0 amide bonds. The molecular formula is C22H36Cl2GeHf-2. The van der Waals surface area contributed by atoms with Crippen LogP contribution in [-0.4, -0.2) is 10.1 Å². The first-order valence-corrected chi connectivity index (χ1v) is 23.4. The monoisotopic (exact) mass is 624 g/mol. The minimum Gasteiger partial charge on any atom is -1.00 e. The Labute approximate surface area is 192 Å². The topological polar surface area (TPSA) is 0 Å². The van der Waals surface area contributed by atoms with E-state index in [4.69, 9.17) is 0 Å². The van der Waals surface area contributed by atoms with Gasteiger partial charge in [-0.15, -0.1) is 12.8 Å². The molecule has 0 aromatic rings. The Balaban J connectivity index is -0.000000319. The summed E-state index contributed by atoms with van der Waals surface area (Å²) in [4.78, 5) is 0. The summed E-state index contributed by atoms with van der Waals surface area (Å²) in [6.07, 6.45) is 13.2. The zero-order valence-corrected chi connectivity index (χ0v) is 25.5. The standard InChI is InChI=1S/2C10H15.C2H6Ge.2ClH.Hf/c2*1-8-5-6-9(7-8)10(2,3)4;1-3-2;;;/h2*7H,6H2,1-4H3;1-2H3;2*1H;/q2*-1;;;;+2/p-2. The van der Waals surface area contributed by atoms with Crippen molar-refractivity contribution in [3.05, 3.63) is 46.6 Å². The van der Waals surface area contributed by atoms with E-state index in [1.807, 2.05) is 0 Å². The van der Waals surface area contributed by atoms with Crippen LogP contribution in [0.4, 0.5) is 0 Å². The van der Waals surface area contributed by atoms with Crippen LogP contribution in [0.5, 0.6) is 0 Å². The Kier molecular flexibility index (Phi) is 17.1. The van der Waals surface area contributed by atoms with Gasteiger partial charge in [0.05, 0.1) is 0 Å². The average Bonchev–Trinajstić information content (AvgIpc) is 2.96. The third kappa shape index (κ3) is 14.9. The van der Waals surface area contributed by atoms with E-state index in [1.165, 1.54) is 43.6 Å². The van der Waals surface area contributed by atoms with E-state index in [9.17, 15) is 0 Å². The first-order valence-electron chi connectivity index (χ1n) is 8.82. The number of hydrogen-bond donors (Lipinski definition) is 0. The Morgan fingerprint density at radius 3 is 1.08 bits per heavy atom. The molecule has 0 aliphatic heterocycles. The van der Waals surface area contributed by atoms with Gasteiger partial charge in [0.15, 0.2) is 0 Å². The average molecular weight is 623 g/mol. The Hall–Kier alpha value is 0.953. The van der Waals surface area contributed by atoms with Crippen LogP contribution in [0.25, 0.3) is 0 Å². The van der Waals surface area contributed by atoms with Gasteiger partial charge in [-0.05, 0) is 10.8 Å². The molecule has 0 aromatic heterocycles. The zero-order chi connectivity index (χ0) is 19.1. The molecule has 26 heavy (non-hydrogen) atoms. The molecule has 0 aromatic carbocycles. The van der Waals surface area contributed by atoms with E-state index < -0.39 is 0 Å². The Morgan fingerprint density at radius 2 is 1.00 bits per heavy atom. The molecule has 2 aliphatic carbocycles. The van der Waals surface area contributed by atoms with Gasteiger partial charge in [-0.2, -0.15) is 11.1 Å². The molecule has 2 rings (SSSR count). The van der Waals surface area contributed by atoms with E-state index in [1.54, 1.807) is 0 Å². The molecule has 0 saturated carbocycles.